The van der Waals surface area contributed by atoms with Crippen LogP contribution in [0.15, 0.2) is 43.1 Å². The SMILES string of the molecule is Nc1ncnc2c1ncn2Cc1cc(-c2ccc(OC(F)F)c(F)c2)ncc1N1CCC[C@](N)([C@@H](O)C(F)F)C1. The van der Waals surface area contributed by atoms with Crippen molar-refractivity contribution in [2.24, 2.45) is 5.73 Å². The zero-order chi connectivity index (χ0) is 28.6. The van der Waals surface area contributed by atoms with Crippen molar-refractivity contribution < 1.29 is 31.8 Å². The average molecular weight is 565 g/mol. The lowest BCUT2D eigenvalue weighted by atomic mass is 9.84. The number of alkyl halides is 4. The van der Waals surface area contributed by atoms with Crippen molar-refractivity contribution >= 4 is 22.7 Å². The number of benzene rings is 1. The molecule has 1 aliphatic heterocycles. The second kappa shape index (κ2) is 10.8. The number of nitrogens with zero attached hydrogens (tertiary/aromatic N) is 6. The number of aliphatic hydroxyl groups excluding tert-OH is 1. The molecule has 1 aliphatic rings. The first-order valence-corrected chi connectivity index (χ1v) is 12.2. The fourth-order valence-electron chi connectivity index (χ4n) is 4.92. The van der Waals surface area contributed by atoms with Crippen LogP contribution in [0.1, 0.15) is 18.4 Å². The highest BCUT2D eigenvalue weighted by Gasteiger charge is 2.43. The molecule has 0 bridgehead atoms. The molecule has 4 aromatic rings. The van der Waals surface area contributed by atoms with Crippen LogP contribution in [-0.4, -0.2) is 67.4 Å². The summed E-state index contributed by atoms with van der Waals surface area (Å²) in [7, 11) is 0. The summed E-state index contributed by atoms with van der Waals surface area (Å²) < 4.78 is 72.3. The van der Waals surface area contributed by atoms with Gasteiger partial charge in [-0.25, -0.2) is 28.1 Å². The number of hydrogen-bond donors (Lipinski definition) is 3. The molecule has 1 fully saturated rings. The second-order valence-electron chi connectivity index (χ2n) is 9.56. The largest absolute Gasteiger partial charge is 0.432 e. The molecule has 1 aromatic carbocycles. The predicted molar refractivity (Wildman–Crippen MR) is 135 cm³/mol. The molecule has 1 saturated heterocycles. The van der Waals surface area contributed by atoms with Crippen LogP contribution in [-0.2, 0) is 6.54 Å². The van der Waals surface area contributed by atoms with Crippen LogP contribution in [0.3, 0.4) is 0 Å². The number of aromatic nitrogens is 5. The number of nitrogen functional groups attached to an aromatic ring is 1. The molecule has 10 nitrogen and oxygen atoms in total. The molecule has 15 heteroatoms. The van der Waals surface area contributed by atoms with E-state index in [9.17, 15) is 27.1 Å². The first kappa shape index (κ1) is 27.5. The monoisotopic (exact) mass is 564 g/mol. The number of ether oxygens (including phenoxy) is 1. The van der Waals surface area contributed by atoms with Gasteiger partial charge in [0.2, 0.25) is 0 Å². The second-order valence-corrected chi connectivity index (χ2v) is 9.56. The van der Waals surface area contributed by atoms with Gasteiger partial charge in [0.25, 0.3) is 6.43 Å². The summed E-state index contributed by atoms with van der Waals surface area (Å²) >= 11 is 0. The zero-order valence-corrected chi connectivity index (χ0v) is 20.9. The van der Waals surface area contributed by atoms with Crippen LogP contribution in [0.5, 0.6) is 5.75 Å². The van der Waals surface area contributed by atoms with Crippen LogP contribution in [0.4, 0.5) is 33.5 Å². The molecule has 0 unspecified atom stereocenters. The van der Waals surface area contributed by atoms with E-state index < -0.39 is 36.2 Å². The average Bonchev–Trinajstić information content (AvgIpc) is 3.33. The Morgan fingerprint density at radius 2 is 1.90 bits per heavy atom. The number of rotatable bonds is 8. The molecule has 4 heterocycles. The van der Waals surface area contributed by atoms with Crippen molar-refractivity contribution in [2.75, 3.05) is 23.7 Å². The lowest BCUT2D eigenvalue weighted by Gasteiger charge is -2.44. The number of imidazole rings is 1. The van der Waals surface area contributed by atoms with Gasteiger partial charge in [-0.05, 0) is 42.7 Å². The molecular weight excluding hydrogens is 539 g/mol. The van der Waals surface area contributed by atoms with Gasteiger partial charge in [0.05, 0.1) is 36.0 Å². The van der Waals surface area contributed by atoms with Gasteiger partial charge in [-0.3, -0.25) is 4.98 Å². The Kier molecular flexibility index (Phi) is 7.42. The molecule has 5 N–H and O–H groups in total. The van der Waals surface area contributed by atoms with Crippen molar-refractivity contribution in [3.05, 3.63) is 54.5 Å². The number of halogens is 5. The van der Waals surface area contributed by atoms with Gasteiger partial charge in [0.1, 0.15) is 17.9 Å². The summed E-state index contributed by atoms with van der Waals surface area (Å²) in [6, 6.07) is 5.14. The predicted octanol–water partition coefficient (Wildman–Crippen LogP) is 3.18. The number of aliphatic hydroxyl groups is 1. The molecule has 5 rings (SSSR count). The van der Waals surface area contributed by atoms with Gasteiger partial charge in [0, 0.05) is 18.7 Å². The van der Waals surface area contributed by atoms with E-state index in [4.69, 9.17) is 11.5 Å². The molecule has 212 valence electrons. The Morgan fingerprint density at radius 3 is 2.62 bits per heavy atom. The molecule has 3 aromatic heterocycles. The van der Waals surface area contributed by atoms with E-state index in [1.165, 1.54) is 24.9 Å². The van der Waals surface area contributed by atoms with Crippen LogP contribution in [0, 0.1) is 5.82 Å². The van der Waals surface area contributed by atoms with Crippen molar-refractivity contribution in [3.8, 4) is 17.0 Å². The first-order valence-electron chi connectivity index (χ1n) is 12.2. The van der Waals surface area contributed by atoms with Crippen LogP contribution >= 0.6 is 0 Å². The quantitative estimate of drug-likeness (QED) is 0.275. The zero-order valence-electron chi connectivity index (χ0n) is 20.9. The molecule has 0 saturated carbocycles. The lowest BCUT2D eigenvalue weighted by Crippen LogP contribution is -2.63. The number of hydrogen-bond acceptors (Lipinski definition) is 9. The summed E-state index contributed by atoms with van der Waals surface area (Å²) in [6.07, 6.45) is -0.103. The van der Waals surface area contributed by atoms with Crippen LogP contribution in [0.25, 0.3) is 22.4 Å². The third-order valence-corrected chi connectivity index (χ3v) is 6.90. The molecule has 0 radical (unpaired) electrons. The van der Waals surface area contributed by atoms with Gasteiger partial charge in [-0.1, -0.05) is 0 Å². The number of fused-ring (bicyclic) bond motifs is 1. The van der Waals surface area contributed by atoms with Gasteiger partial charge in [-0.15, -0.1) is 0 Å². The lowest BCUT2D eigenvalue weighted by molar-refractivity contribution is -0.0529. The Bertz CT molecular complexity index is 1520. The summed E-state index contributed by atoms with van der Waals surface area (Å²) in [5.41, 5.74) is 13.2. The fourth-order valence-corrected chi connectivity index (χ4v) is 4.92. The van der Waals surface area contributed by atoms with E-state index >= 15 is 0 Å². The maximum absolute atomic E-state index is 14.5. The molecular formula is C25H25F5N8O2. The van der Waals surface area contributed by atoms with Gasteiger partial charge < -0.3 is 30.8 Å². The normalized spacial score (nSPS) is 18.6. The molecule has 0 amide bonds. The van der Waals surface area contributed by atoms with Crippen LogP contribution in [0.2, 0.25) is 0 Å². The Labute approximate surface area is 224 Å². The summed E-state index contributed by atoms with van der Waals surface area (Å²) in [6.45, 7) is -2.63. The minimum absolute atomic E-state index is 0.0688. The number of anilines is 2. The Morgan fingerprint density at radius 1 is 1.10 bits per heavy atom. The highest BCUT2D eigenvalue weighted by Crippen LogP contribution is 2.34. The molecule has 40 heavy (non-hydrogen) atoms. The maximum atomic E-state index is 14.5. The molecule has 0 aliphatic carbocycles. The van der Waals surface area contributed by atoms with Crippen molar-refractivity contribution in [3.63, 3.8) is 0 Å². The number of piperidine rings is 1. The highest BCUT2D eigenvalue weighted by molar-refractivity contribution is 5.81. The maximum Gasteiger partial charge on any atom is 0.387 e. The van der Waals surface area contributed by atoms with E-state index in [0.717, 1.165) is 12.1 Å². The highest BCUT2D eigenvalue weighted by atomic mass is 19.3. The van der Waals surface area contributed by atoms with Crippen molar-refractivity contribution in [2.45, 2.75) is 44.1 Å². The first-order chi connectivity index (χ1) is 19.1. The smallest absolute Gasteiger partial charge is 0.387 e. The fraction of sp³-hybridized carbons (Fsp3) is 0.360. The Hall–Kier alpha value is -4.11. The number of nitrogens with two attached hydrogens (primary N) is 2. The third-order valence-electron chi connectivity index (χ3n) is 6.90. The number of pyridine rings is 1. The summed E-state index contributed by atoms with van der Waals surface area (Å²) in [4.78, 5) is 18.7. The molecule has 2 atom stereocenters. The van der Waals surface area contributed by atoms with Gasteiger partial charge >= 0.3 is 6.61 Å². The van der Waals surface area contributed by atoms with Gasteiger partial charge in [-0.2, -0.15) is 8.78 Å². The minimum Gasteiger partial charge on any atom is -0.432 e. The van der Waals surface area contributed by atoms with E-state index in [1.807, 2.05) is 0 Å². The van der Waals surface area contributed by atoms with E-state index in [1.54, 1.807) is 15.5 Å². The van der Waals surface area contributed by atoms with E-state index in [0.29, 0.717) is 41.1 Å². The summed E-state index contributed by atoms with van der Waals surface area (Å²) in [5, 5.41) is 10.1. The van der Waals surface area contributed by atoms with Crippen molar-refractivity contribution in [1.29, 1.82) is 0 Å². The van der Waals surface area contributed by atoms with E-state index in [2.05, 4.69) is 24.7 Å². The standard InChI is InChI=1S/C25H25F5N8O2/c26-15-6-13(2-3-18(15)40-24(29)30)16-7-14(9-38-12-36-19-22(31)34-11-35-23(19)38)17(8-33-16)37-5-1-4-25(32,10-37)20(39)21(27)28/h2-3,6-8,11-12,20-21,24,39H,1,4-5,9-10,32H2,(H2,31,34,35)/t20-,25+/m0/s1. The summed E-state index contributed by atoms with van der Waals surface area (Å²) in [5.74, 6) is -1.42. The Balaban J connectivity index is 1.56. The molecule has 0 spiro atoms. The topological polar surface area (TPSA) is 141 Å². The van der Waals surface area contributed by atoms with Gasteiger partial charge in [0.15, 0.2) is 23.0 Å². The van der Waals surface area contributed by atoms with Crippen LogP contribution < -0.4 is 21.1 Å². The minimum atomic E-state index is -3.19. The van der Waals surface area contributed by atoms with E-state index in [-0.39, 0.29) is 30.9 Å². The third kappa shape index (κ3) is 5.34. The van der Waals surface area contributed by atoms with Crippen molar-refractivity contribution in [1.82, 2.24) is 24.5 Å².